The van der Waals surface area contributed by atoms with Crippen molar-refractivity contribution in [2.24, 2.45) is 0 Å². The first-order valence-corrected chi connectivity index (χ1v) is 9.44. The van der Waals surface area contributed by atoms with Gasteiger partial charge in [-0.2, -0.15) is 0 Å². The average molecular weight is 360 g/mol. The highest BCUT2D eigenvalue weighted by Crippen LogP contribution is 2.28. The second-order valence-corrected chi connectivity index (χ2v) is 8.11. The number of carbonyl (C=O) groups excluding carboxylic acids is 1. The lowest BCUT2D eigenvalue weighted by Crippen LogP contribution is -2.24. The molecule has 0 saturated heterocycles. The van der Waals surface area contributed by atoms with Crippen LogP contribution >= 0.6 is 46.5 Å². The molecule has 0 aliphatic heterocycles. The lowest BCUT2D eigenvalue weighted by Gasteiger charge is -2.04. The zero-order valence-electron chi connectivity index (χ0n) is 11.3. The van der Waals surface area contributed by atoms with Gasteiger partial charge in [0.15, 0.2) is 8.68 Å². The lowest BCUT2D eigenvalue weighted by atomic mass is 10.2. The van der Waals surface area contributed by atoms with Gasteiger partial charge in [0.2, 0.25) is 5.91 Å². The van der Waals surface area contributed by atoms with Crippen LogP contribution in [0.4, 0.5) is 0 Å². The van der Waals surface area contributed by atoms with E-state index in [0.29, 0.717) is 17.3 Å². The standard InChI is InChI=1S/C13H14ClN3OS3/c1-2-19-12-16-17-13(21-12)20-8-11(18)15-7-9-3-5-10(14)6-4-9/h3-6H,2,7-8H2,1H3,(H,15,18). The van der Waals surface area contributed by atoms with E-state index in [2.05, 4.69) is 22.4 Å². The highest BCUT2D eigenvalue weighted by Gasteiger charge is 2.08. The van der Waals surface area contributed by atoms with E-state index < -0.39 is 0 Å². The van der Waals surface area contributed by atoms with Crippen molar-refractivity contribution in [1.29, 1.82) is 0 Å². The van der Waals surface area contributed by atoms with Crippen LogP contribution in [0.5, 0.6) is 0 Å². The summed E-state index contributed by atoms with van der Waals surface area (Å²) in [6, 6.07) is 7.42. The van der Waals surface area contributed by atoms with Crippen LogP contribution in [0.25, 0.3) is 0 Å². The van der Waals surface area contributed by atoms with Crippen LogP contribution in [0.2, 0.25) is 5.02 Å². The summed E-state index contributed by atoms with van der Waals surface area (Å²) in [5.74, 6) is 1.30. The minimum Gasteiger partial charge on any atom is -0.351 e. The van der Waals surface area contributed by atoms with Crippen LogP contribution in [-0.2, 0) is 11.3 Å². The molecule has 0 fully saturated rings. The minimum atomic E-state index is -0.0187. The highest BCUT2D eigenvalue weighted by atomic mass is 35.5. The summed E-state index contributed by atoms with van der Waals surface area (Å²) in [5.41, 5.74) is 1.02. The van der Waals surface area contributed by atoms with Gasteiger partial charge in [0.1, 0.15) is 0 Å². The van der Waals surface area contributed by atoms with Crippen molar-refractivity contribution in [3.05, 3.63) is 34.9 Å². The van der Waals surface area contributed by atoms with Crippen molar-refractivity contribution >= 4 is 52.4 Å². The highest BCUT2D eigenvalue weighted by molar-refractivity contribution is 8.03. The number of carbonyl (C=O) groups is 1. The van der Waals surface area contributed by atoms with Crippen molar-refractivity contribution in [2.75, 3.05) is 11.5 Å². The van der Waals surface area contributed by atoms with E-state index in [9.17, 15) is 4.79 Å². The Hall–Kier alpha value is -0.760. The molecule has 1 aromatic carbocycles. The lowest BCUT2D eigenvalue weighted by molar-refractivity contribution is -0.118. The molecule has 0 unspecified atom stereocenters. The Labute approximate surface area is 141 Å². The Morgan fingerprint density at radius 1 is 1.24 bits per heavy atom. The van der Waals surface area contributed by atoms with Crippen LogP contribution in [-0.4, -0.2) is 27.6 Å². The fraction of sp³-hybridized carbons (Fsp3) is 0.308. The number of thioether (sulfide) groups is 2. The summed E-state index contributed by atoms with van der Waals surface area (Å²) in [6.45, 7) is 2.58. The largest absolute Gasteiger partial charge is 0.351 e. The fourth-order valence-electron chi connectivity index (χ4n) is 1.42. The molecule has 0 spiro atoms. The Balaban J connectivity index is 1.72. The first kappa shape index (κ1) is 16.6. The van der Waals surface area contributed by atoms with E-state index >= 15 is 0 Å². The molecule has 2 aromatic rings. The number of halogens is 1. The van der Waals surface area contributed by atoms with Gasteiger partial charge in [0.25, 0.3) is 0 Å². The molecule has 112 valence electrons. The van der Waals surface area contributed by atoms with Crippen molar-refractivity contribution in [1.82, 2.24) is 15.5 Å². The van der Waals surface area contributed by atoms with Gasteiger partial charge in [0, 0.05) is 11.6 Å². The van der Waals surface area contributed by atoms with E-state index in [1.54, 1.807) is 11.8 Å². The zero-order valence-corrected chi connectivity index (χ0v) is 14.5. The van der Waals surface area contributed by atoms with E-state index in [1.807, 2.05) is 24.3 Å². The number of rotatable bonds is 7. The molecule has 1 amide bonds. The van der Waals surface area contributed by atoms with Gasteiger partial charge < -0.3 is 5.32 Å². The van der Waals surface area contributed by atoms with Crippen molar-refractivity contribution in [3.8, 4) is 0 Å². The van der Waals surface area contributed by atoms with Crippen molar-refractivity contribution in [3.63, 3.8) is 0 Å². The molecule has 0 radical (unpaired) electrons. The summed E-state index contributed by atoms with van der Waals surface area (Å²) in [7, 11) is 0. The van der Waals surface area contributed by atoms with E-state index in [0.717, 1.165) is 20.0 Å². The maximum Gasteiger partial charge on any atom is 0.230 e. The topological polar surface area (TPSA) is 54.9 Å². The molecular weight excluding hydrogens is 346 g/mol. The Morgan fingerprint density at radius 2 is 1.90 bits per heavy atom. The van der Waals surface area contributed by atoms with Crippen molar-refractivity contribution in [2.45, 2.75) is 22.1 Å². The fourth-order valence-corrected chi connectivity index (χ4v) is 4.29. The number of hydrogen-bond acceptors (Lipinski definition) is 6. The van der Waals surface area contributed by atoms with Crippen LogP contribution < -0.4 is 5.32 Å². The van der Waals surface area contributed by atoms with Crippen LogP contribution in [0.1, 0.15) is 12.5 Å². The molecule has 0 aliphatic rings. The molecule has 1 aromatic heterocycles. The first-order chi connectivity index (χ1) is 10.2. The Morgan fingerprint density at radius 3 is 2.57 bits per heavy atom. The molecule has 0 saturated carbocycles. The van der Waals surface area contributed by atoms with Crippen LogP contribution in [0.15, 0.2) is 32.9 Å². The van der Waals surface area contributed by atoms with Gasteiger partial charge in [0.05, 0.1) is 5.75 Å². The predicted octanol–water partition coefficient (Wildman–Crippen LogP) is 3.71. The first-order valence-electron chi connectivity index (χ1n) is 6.27. The molecule has 4 nitrogen and oxygen atoms in total. The molecule has 1 heterocycles. The third-order valence-corrected chi connectivity index (χ3v) is 5.71. The SMILES string of the molecule is CCSc1nnc(SCC(=O)NCc2ccc(Cl)cc2)s1. The molecular formula is C13H14ClN3OS3. The monoisotopic (exact) mass is 359 g/mol. The molecule has 2 rings (SSSR count). The summed E-state index contributed by atoms with van der Waals surface area (Å²) >= 11 is 10.4. The zero-order chi connectivity index (χ0) is 15.1. The molecule has 8 heteroatoms. The summed E-state index contributed by atoms with van der Waals surface area (Å²) in [5, 5.41) is 11.7. The molecule has 0 bridgehead atoms. The van der Waals surface area contributed by atoms with Gasteiger partial charge in [-0.15, -0.1) is 10.2 Å². The van der Waals surface area contributed by atoms with Crippen LogP contribution in [0.3, 0.4) is 0 Å². The van der Waals surface area contributed by atoms with Gasteiger partial charge in [-0.3, -0.25) is 4.79 Å². The maximum absolute atomic E-state index is 11.8. The predicted molar refractivity (Wildman–Crippen MR) is 90.3 cm³/mol. The van der Waals surface area contributed by atoms with E-state index in [4.69, 9.17) is 11.6 Å². The summed E-state index contributed by atoms with van der Waals surface area (Å²) < 4.78 is 1.77. The quantitative estimate of drug-likeness (QED) is 0.763. The average Bonchev–Trinajstić information content (AvgIpc) is 2.93. The van der Waals surface area contributed by atoms with E-state index in [1.165, 1.54) is 23.1 Å². The Kier molecular flexibility index (Phi) is 6.82. The minimum absolute atomic E-state index is 0.0187. The summed E-state index contributed by atoms with van der Waals surface area (Å²) in [6.07, 6.45) is 0. The number of hydrogen-bond donors (Lipinski definition) is 1. The number of amides is 1. The number of nitrogens with one attached hydrogen (secondary N) is 1. The normalized spacial score (nSPS) is 10.6. The third-order valence-electron chi connectivity index (χ3n) is 2.39. The smallest absolute Gasteiger partial charge is 0.230 e. The second kappa shape index (κ2) is 8.63. The third kappa shape index (κ3) is 5.86. The molecule has 21 heavy (non-hydrogen) atoms. The molecule has 0 atom stereocenters. The van der Waals surface area contributed by atoms with Crippen molar-refractivity contribution < 1.29 is 4.79 Å². The van der Waals surface area contributed by atoms with Crippen LogP contribution in [0, 0.1) is 0 Å². The molecule has 0 aliphatic carbocycles. The number of benzene rings is 1. The Bertz CT molecular complexity index is 589. The maximum atomic E-state index is 11.8. The number of aromatic nitrogens is 2. The van der Waals surface area contributed by atoms with Gasteiger partial charge in [-0.1, -0.05) is 65.5 Å². The van der Waals surface area contributed by atoms with Gasteiger partial charge in [-0.25, -0.2) is 0 Å². The van der Waals surface area contributed by atoms with E-state index in [-0.39, 0.29) is 5.91 Å². The molecule has 1 N–H and O–H groups in total. The summed E-state index contributed by atoms with van der Waals surface area (Å²) in [4.78, 5) is 11.8. The number of nitrogens with zero attached hydrogens (tertiary/aromatic N) is 2. The van der Waals surface area contributed by atoms with Gasteiger partial charge in [-0.05, 0) is 23.4 Å². The van der Waals surface area contributed by atoms with Gasteiger partial charge >= 0.3 is 0 Å². The second-order valence-electron chi connectivity index (χ2n) is 3.96.